The fraction of sp³-hybridized carbons (Fsp3) is 0.306. The minimum absolute atomic E-state index is 0.0190. The average Bonchev–Trinajstić information content (AvgIpc) is 3.06. The molecule has 0 saturated carbocycles. The van der Waals surface area contributed by atoms with E-state index in [4.69, 9.17) is 4.74 Å². The number of carbonyl (C=O) groups excluding carboxylic acids is 1. The van der Waals surface area contributed by atoms with Gasteiger partial charge in [-0.2, -0.15) is 13.2 Å². The Hall–Kier alpha value is -4.39. The molecule has 3 aliphatic heterocycles. The number of ketones is 1. The summed E-state index contributed by atoms with van der Waals surface area (Å²) in [6.45, 7) is 4.40. The number of anilines is 2. The number of piperazine rings is 1. The number of halogens is 3. The third-order valence-corrected chi connectivity index (χ3v) is 10.3. The quantitative estimate of drug-likeness (QED) is 0.186. The number of phenolic OH excluding ortho intramolecular Hbond substituents is 3. The molecule has 7 rings (SSSR count). The van der Waals surface area contributed by atoms with Crippen molar-refractivity contribution in [3.8, 4) is 23.0 Å². The Morgan fingerprint density at radius 2 is 1.54 bits per heavy atom. The van der Waals surface area contributed by atoms with E-state index < -0.39 is 17.8 Å². The summed E-state index contributed by atoms with van der Waals surface area (Å²) in [6.07, 6.45) is -4.26. The van der Waals surface area contributed by atoms with Crippen LogP contribution in [-0.2, 0) is 12.7 Å². The van der Waals surface area contributed by atoms with E-state index >= 15 is 0 Å². The summed E-state index contributed by atoms with van der Waals surface area (Å²) in [5.41, 5.74) is 1.87. The summed E-state index contributed by atoms with van der Waals surface area (Å²) < 4.78 is 46.7. The number of rotatable bonds is 7. The van der Waals surface area contributed by atoms with E-state index in [-0.39, 0.29) is 52.9 Å². The Bertz CT molecular complexity index is 1840. The molecule has 1 fully saturated rings. The maximum Gasteiger partial charge on any atom is 0.416 e. The Balaban J connectivity index is 0.971. The zero-order chi connectivity index (χ0) is 33.6. The molecule has 4 aromatic carbocycles. The van der Waals surface area contributed by atoms with Crippen LogP contribution in [0.25, 0.3) is 0 Å². The maximum absolute atomic E-state index is 13.6. The van der Waals surface area contributed by atoms with Crippen LogP contribution in [0.2, 0.25) is 0 Å². The SMILES string of the molecule is O=C1CC(c2ccc(O)cc2)Oc2cc(O)c(CN3CCN(CCCN4c5ccccc5Sc5ccc(C(F)(F)F)cc54)CC3)c(O)c21. The molecule has 8 nitrogen and oxygen atoms in total. The lowest BCUT2D eigenvalue weighted by Crippen LogP contribution is -2.46. The van der Waals surface area contributed by atoms with E-state index in [2.05, 4.69) is 9.80 Å². The Labute approximate surface area is 280 Å². The lowest BCUT2D eigenvalue weighted by atomic mass is 9.93. The van der Waals surface area contributed by atoms with E-state index in [9.17, 15) is 33.3 Å². The number of hydrogen-bond donors (Lipinski definition) is 3. The standard InChI is InChI=1S/C36H34F3N3O5S/c37-36(38,39)23-8-11-33-27(18-23)42(26-4-1-2-5-32(26)48-33)13-3-12-40-14-16-41(17-15-40)21-25-28(44)19-31-34(35(25)46)29(45)20-30(47-31)22-6-9-24(43)10-7-22/h1-2,4-11,18-19,30,43-44,46H,3,12-17,20-21H2. The monoisotopic (exact) mass is 677 g/mol. The van der Waals surface area contributed by atoms with Gasteiger partial charge in [0.05, 0.1) is 28.9 Å². The first-order valence-corrected chi connectivity index (χ1v) is 16.6. The highest BCUT2D eigenvalue weighted by molar-refractivity contribution is 7.99. The maximum atomic E-state index is 13.6. The second-order valence-corrected chi connectivity index (χ2v) is 13.4. The van der Waals surface area contributed by atoms with Crippen LogP contribution < -0.4 is 9.64 Å². The summed E-state index contributed by atoms with van der Waals surface area (Å²) in [7, 11) is 0. The molecular weight excluding hydrogens is 643 g/mol. The minimum atomic E-state index is -4.42. The van der Waals surface area contributed by atoms with Crippen molar-refractivity contribution in [2.75, 3.05) is 44.2 Å². The molecule has 4 aromatic rings. The van der Waals surface area contributed by atoms with Crippen molar-refractivity contribution in [3.05, 3.63) is 95.1 Å². The molecule has 0 bridgehead atoms. The highest BCUT2D eigenvalue weighted by Crippen LogP contribution is 2.50. The van der Waals surface area contributed by atoms with Gasteiger partial charge in [0.15, 0.2) is 5.78 Å². The van der Waals surface area contributed by atoms with Crippen molar-refractivity contribution < 1.29 is 38.0 Å². The van der Waals surface area contributed by atoms with Crippen molar-refractivity contribution in [1.82, 2.24) is 9.80 Å². The predicted molar refractivity (Wildman–Crippen MR) is 176 cm³/mol. The zero-order valence-electron chi connectivity index (χ0n) is 25.9. The summed E-state index contributed by atoms with van der Waals surface area (Å²) >= 11 is 1.48. The van der Waals surface area contributed by atoms with Crippen LogP contribution in [-0.4, -0.2) is 70.2 Å². The highest BCUT2D eigenvalue weighted by Gasteiger charge is 2.35. The Kier molecular flexibility index (Phi) is 8.65. The second-order valence-electron chi connectivity index (χ2n) is 12.3. The lowest BCUT2D eigenvalue weighted by Gasteiger charge is -2.36. The molecule has 12 heteroatoms. The van der Waals surface area contributed by atoms with Crippen molar-refractivity contribution in [1.29, 1.82) is 0 Å². The van der Waals surface area contributed by atoms with Gasteiger partial charge in [0.1, 0.15) is 34.7 Å². The van der Waals surface area contributed by atoms with Gasteiger partial charge in [-0.25, -0.2) is 0 Å². The van der Waals surface area contributed by atoms with Crippen molar-refractivity contribution in [3.63, 3.8) is 0 Å². The van der Waals surface area contributed by atoms with Crippen LogP contribution in [0.5, 0.6) is 23.0 Å². The first-order chi connectivity index (χ1) is 23.0. The van der Waals surface area contributed by atoms with Gasteiger partial charge in [0.25, 0.3) is 0 Å². The summed E-state index contributed by atoms with van der Waals surface area (Å²) in [5.74, 6) is -0.482. The summed E-state index contributed by atoms with van der Waals surface area (Å²) in [6, 6.07) is 19.5. The van der Waals surface area contributed by atoms with Gasteiger partial charge in [-0.05, 0) is 61.0 Å². The highest BCUT2D eigenvalue weighted by atomic mass is 32.2. The fourth-order valence-corrected chi connectivity index (χ4v) is 7.70. The third-order valence-electron chi connectivity index (χ3n) is 9.19. The third kappa shape index (κ3) is 6.39. The second kappa shape index (κ2) is 12.9. The number of Topliss-reactive ketones (excluding diaryl/α,β-unsaturated/α-hetero) is 1. The number of carbonyl (C=O) groups is 1. The number of aromatic hydroxyl groups is 3. The van der Waals surface area contributed by atoms with E-state index in [0.29, 0.717) is 30.9 Å². The first kappa shape index (κ1) is 32.2. The summed E-state index contributed by atoms with van der Waals surface area (Å²) in [4.78, 5) is 21.3. The van der Waals surface area contributed by atoms with Gasteiger partial charge in [-0.1, -0.05) is 36.0 Å². The van der Waals surface area contributed by atoms with Crippen LogP contribution in [0.15, 0.2) is 82.6 Å². The number of hydrogen-bond acceptors (Lipinski definition) is 9. The summed E-state index contributed by atoms with van der Waals surface area (Å²) in [5, 5.41) is 31.5. The molecule has 0 spiro atoms. The average molecular weight is 678 g/mol. The molecule has 48 heavy (non-hydrogen) atoms. The molecule has 1 unspecified atom stereocenters. The van der Waals surface area contributed by atoms with Crippen molar-refractivity contribution in [2.45, 2.75) is 41.5 Å². The minimum Gasteiger partial charge on any atom is -0.508 e. The van der Waals surface area contributed by atoms with Crippen LogP contribution in [0.1, 0.15) is 46.0 Å². The number of alkyl halides is 3. The van der Waals surface area contributed by atoms with Gasteiger partial charge in [0, 0.05) is 55.1 Å². The molecule has 3 heterocycles. The number of nitrogens with zero attached hydrogens (tertiary/aromatic N) is 3. The Morgan fingerprint density at radius 3 is 2.29 bits per heavy atom. The largest absolute Gasteiger partial charge is 0.508 e. The number of ether oxygens (including phenoxy) is 1. The van der Waals surface area contributed by atoms with Crippen LogP contribution in [0.4, 0.5) is 24.5 Å². The van der Waals surface area contributed by atoms with E-state index in [1.54, 1.807) is 18.2 Å². The Morgan fingerprint density at radius 1 is 0.833 bits per heavy atom. The van der Waals surface area contributed by atoms with Gasteiger partial charge >= 0.3 is 6.18 Å². The molecule has 3 aliphatic rings. The normalized spacial score (nSPS) is 18.2. The van der Waals surface area contributed by atoms with E-state index in [0.717, 1.165) is 47.6 Å². The number of fused-ring (bicyclic) bond motifs is 3. The van der Waals surface area contributed by atoms with Gasteiger partial charge in [-0.15, -0.1) is 0 Å². The van der Waals surface area contributed by atoms with Crippen molar-refractivity contribution >= 4 is 28.9 Å². The molecule has 0 aliphatic carbocycles. The molecular formula is C36H34F3N3O5S. The predicted octanol–water partition coefficient (Wildman–Crippen LogP) is 7.34. The molecule has 250 valence electrons. The molecule has 0 amide bonds. The van der Waals surface area contributed by atoms with Crippen LogP contribution >= 0.6 is 11.8 Å². The molecule has 1 atom stereocenters. The number of benzene rings is 4. The molecule has 0 aromatic heterocycles. The van der Waals surface area contributed by atoms with Crippen LogP contribution in [0.3, 0.4) is 0 Å². The topological polar surface area (TPSA) is 96.7 Å². The van der Waals surface area contributed by atoms with Gasteiger partial charge in [0.2, 0.25) is 0 Å². The van der Waals surface area contributed by atoms with Crippen molar-refractivity contribution in [2.24, 2.45) is 0 Å². The number of para-hydroxylation sites is 1. The van der Waals surface area contributed by atoms with Crippen LogP contribution in [0, 0.1) is 0 Å². The lowest BCUT2D eigenvalue weighted by molar-refractivity contribution is -0.137. The first-order valence-electron chi connectivity index (χ1n) is 15.8. The number of phenols is 3. The molecule has 1 saturated heterocycles. The van der Waals surface area contributed by atoms with E-state index in [1.807, 2.05) is 29.2 Å². The zero-order valence-corrected chi connectivity index (χ0v) is 26.7. The van der Waals surface area contributed by atoms with Gasteiger partial charge in [-0.3, -0.25) is 9.69 Å². The molecule has 0 radical (unpaired) electrons. The van der Waals surface area contributed by atoms with Gasteiger partial charge < -0.3 is 29.9 Å². The molecule has 3 N–H and O–H groups in total. The van der Waals surface area contributed by atoms with E-state index in [1.165, 1.54) is 36.0 Å². The fourth-order valence-electron chi connectivity index (χ4n) is 6.62. The smallest absolute Gasteiger partial charge is 0.416 e.